The van der Waals surface area contributed by atoms with E-state index >= 15 is 0 Å². The number of aryl methyl sites for hydroxylation is 2. The number of nitrogens with zero attached hydrogens (tertiary/aromatic N) is 3. The lowest BCUT2D eigenvalue weighted by Crippen LogP contribution is -2.10. The van der Waals surface area contributed by atoms with Crippen molar-refractivity contribution in [1.29, 1.82) is 0 Å². The molecule has 0 bridgehead atoms. The summed E-state index contributed by atoms with van der Waals surface area (Å²) in [5.74, 6) is 1.89. The Hall–Kier alpha value is -1.04. The normalized spacial score (nSPS) is 10.4. The summed E-state index contributed by atoms with van der Waals surface area (Å²) in [4.78, 5) is 0. The van der Waals surface area contributed by atoms with E-state index in [1.165, 1.54) is 16.7 Å². The fraction of sp³-hybridized carbons (Fsp3) is 0.429. The van der Waals surface area contributed by atoms with Gasteiger partial charge in [0.05, 0.1) is 6.54 Å². The summed E-state index contributed by atoms with van der Waals surface area (Å²) in [5.41, 5.74) is 4.00. The Bertz CT molecular complexity index is 568. The third kappa shape index (κ3) is 3.98. The highest BCUT2D eigenvalue weighted by molar-refractivity contribution is 7.98. The van der Waals surface area contributed by atoms with Crippen molar-refractivity contribution in [2.75, 3.05) is 7.05 Å². The number of hydrogen-bond acceptors (Lipinski definition) is 4. The monoisotopic (exact) mass is 312 g/mol. The van der Waals surface area contributed by atoms with Gasteiger partial charge in [-0.25, -0.2) is 0 Å². The number of nitrogens with one attached hydrogen (secondary N) is 1. The van der Waals surface area contributed by atoms with Crippen LogP contribution in [0, 0.1) is 13.8 Å². The number of hydrogen-bond donors (Lipinski definition) is 1. The number of benzene rings is 1. The molecule has 20 heavy (non-hydrogen) atoms. The first-order valence-corrected chi connectivity index (χ1v) is 7.32. The highest BCUT2D eigenvalue weighted by atomic mass is 35.5. The van der Waals surface area contributed by atoms with Crippen LogP contribution in [0.25, 0.3) is 0 Å². The summed E-state index contributed by atoms with van der Waals surface area (Å²) < 4.78 is 2.04. The number of thioether (sulfide) groups is 1. The molecule has 4 nitrogen and oxygen atoms in total. The molecule has 6 heteroatoms. The predicted octanol–water partition coefficient (Wildman–Crippen LogP) is 2.87. The first-order valence-electron chi connectivity index (χ1n) is 6.33. The van der Waals surface area contributed by atoms with Crippen molar-refractivity contribution >= 4 is 24.2 Å². The van der Waals surface area contributed by atoms with Crippen LogP contribution in [0.4, 0.5) is 0 Å². The van der Waals surface area contributed by atoms with E-state index in [4.69, 9.17) is 0 Å². The van der Waals surface area contributed by atoms with E-state index in [0.29, 0.717) is 0 Å². The van der Waals surface area contributed by atoms with Gasteiger partial charge in [0, 0.05) is 12.8 Å². The molecule has 0 aliphatic heterocycles. The molecule has 110 valence electrons. The van der Waals surface area contributed by atoms with Gasteiger partial charge >= 0.3 is 0 Å². The van der Waals surface area contributed by atoms with Crippen molar-refractivity contribution < 1.29 is 0 Å². The largest absolute Gasteiger partial charge is 0.313 e. The summed E-state index contributed by atoms with van der Waals surface area (Å²) in [5, 5.41) is 12.5. The second-order valence-electron chi connectivity index (χ2n) is 4.70. The van der Waals surface area contributed by atoms with Gasteiger partial charge < -0.3 is 9.88 Å². The summed E-state index contributed by atoms with van der Waals surface area (Å²) >= 11 is 1.72. The maximum absolute atomic E-state index is 4.23. The molecule has 0 amide bonds. The molecule has 0 saturated heterocycles. The summed E-state index contributed by atoms with van der Waals surface area (Å²) in [6.45, 7) is 5.03. The van der Waals surface area contributed by atoms with Crippen LogP contribution in [-0.4, -0.2) is 21.8 Å². The minimum absolute atomic E-state index is 0. The van der Waals surface area contributed by atoms with Gasteiger partial charge in [-0.2, -0.15) is 0 Å². The van der Waals surface area contributed by atoms with E-state index in [2.05, 4.69) is 47.6 Å². The Kier molecular flexibility index (Phi) is 6.52. The Morgan fingerprint density at radius 1 is 1.20 bits per heavy atom. The molecule has 0 aliphatic rings. The van der Waals surface area contributed by atoms with Crippen LogP contribution in [0.2, 0.25) is 0 Å². The lowest BCUT2D eigenvalue weighted by atomic mass is 10.1. The minimum Gasteiger partial charge on any atom is -0.313 e. The molecule has 1 heterocycles. The maximum Gasteiger partial charge on any atom is 0.191 e. The Labute approximate surface area is 130 Å². The molecule has 2 rings (SSSR count). The van der Waals surface area contributed by atoms with E-state index in [0.717, 1.165) is 23.3 Å². The second kappa shape index (κ2) is 7.67. The standard InChI is InChI=1S/C14H20N4S.ClH/c1-10-5-6-12(7-11(10)2)9-19-14-17-16-13(8-15-3)18(14)4;/h5-7,15H,8-9H2,1-4H3;1H. The topological polar surface area (TPSA) is 42.7 Å². The Morgan fingerprint density at radius 3 is 2.60 bits per heavy atom. The van der Waals surface area contributed by atoms with Crippen molar-refractivity contribution in [1.82, 2.24) is 20.1 Å². The van der Waals surface area contributed by atoms with E-state index in [1.807, 2.05) is 18.7 Å². The van der Waals surface area contributed by atoms with Crippen molar-refractivity contribution in [2.24, 2.45) is 7.05 Å². The fourth-order valence-corrected chi connectivity index (χ4v) is 2.70. The van der Waals surface area contributed by atoms with Gasteiger partial charge in [0.2, 0.25) is 0 Å². The molecule has 0 atom stereocenters. The second-order valence-corrected chi connectivity index (χ2v) is 5.64. The lowest BCUT2D eigenvalue weighted by molar-refractivity contribution is 0.682. The van der Waals surface area contributed by atoms with Crippen LogP contribution in [0.1, 0.15) is 22.5 Å². The van der Waals surface area contributed by atoms with Gasteiger partial charge in [0.15, 0.2) is 5.16 Å². The zero-order chi connectivity index (χ0) is 13.8. The highest BCUT2D eigenvalue weighted by Gasteiger charge is 2.08. The van der Waals surface area contributed by atoms with Crippen LogP contribution in [0.3, 0.4) is 0 Å². The van der Waals surface area contributed by atoms with Crippen molar-refractivity contribution in [2.45, 2.75) is 31.3 Å². The maximum atomic E-state index is 4.23. The molecular weight excluding hydrogens is 292 g/mol. The quantitative estimate of drug-likeness (QED) is 0.862. The van der Waals surface area contributed by atoms with Crippen molar-refractivity contribution in [3.05, 3.63) is 40.7 Å². The van der Waals surface area contributed by atoms with Crippen LogP contribution in [0.5, 0.6) is 0 Å². The smallest absolute Gasteiger partial charge is 0.191 e. The van der Waals surface area contributed by atoms with Crippen molar-refractivity contribution in [3.63, 3.8) is 0 Å². The predicted molar refractivity (Wildman–Crippen MR) is 86.5 cm³/mol. The first kappa shape index (κ1) is 17.0. The molecule has 0 fully saturated rings. The van der Waals surface area contributed by atoms with Crippen LogP contribution in [-0.2, 0) is 19.3 Å². The fourth-order valence-electron chi connectivity index (χ4n) is 1.82. The van der Waals surface area contributed by atoms with Crippen molar-refractivity contribution in [3.8, 4) is 0 Å². The van der Waals surface area contributed by atoms with E-state index in [-0.39, 0.29) is 12.4 Å². The average Bonchev–Trinajstić information content (AvgIpc) is 2.73. The zero-order valence-electron chi connectivity index (χ0n) is 12.3. The lowest BCUT2D eigenvalue weighted by Gasteiger charge is -2.05. The summed E-state index contributed by atoms with van der Waals surface area (Å²) in [6.07, 6.45) is 0. The SMILES string of the molecule is CNCc1nnc(SCc2ccc(C)c(C)c2)n1C.Cl. The molecule has 0 spiro atoms. The van der Waals surface area contributed by atoms with Crippen LogP contribution in [0.15, 0.2) is 23.4 Å². The third-order valence-corrected chi connectivity index (χ3v) is 4.29. The number of aromatic nitrogens is 3. The summed E-state index contributed by atoms with van der Waals surface area (Å²) in [6, 6.07) is 6.60. The number of rotatable bonds is 5. The van der Waals surface area contributed by atoms with Gasteiger partial charge in [-0.1, -0.05) is 30.0 Å². The molecule has 2 aromatic rings. The minimum atomic E-state index is 0. The van der Waals surface area contributed by atoms with Gasteiger partial charge in [0.25, 0.3) is 0 Å². The Morgan fingerprint density at radius 2 is 1.95 bits per heavy atom. The molecule has 0 aliphatic carbocycles. The van der Waals surface area contributed by atoms with Crippen LogP contribution < -0.4 is 5.32 Å². The van der Waals surface area contributed by atoms with E-state index < -0.39 is 0 Å². The molecule has 0 saturated carbocycles. The van der Waals surface area contributed by atoms with Gasteiger partial charge in [-0.3, -0.25) is 0 Å². The third-order valence-electron chi connectivity index (χ3n) is 3.20. The molecule has 0 radical (unpaired) electrons. The van der Waals surface area contributed by atoms with E-state index in [1.54, 1.807) is 11.8 Å². The molecule has 0 unspecified atom stereocenters. The van der Waals surface area contributed by atoms with Crippen LogP contribution >= 0.6 is 24.2 Å². The van der Waals surface area contributed by atoms with Gasteiger partial charge in [-0.05, 0) is 37.6 Å². The van der Waals surface area contributed by atoms with Gasteiger partial charge in [0.1, 0.15) is 5.82 Å². The average molecular weight is 313 g/mol. The first-order chi connectivity index (χ1) is 9.11. The molecule has 1 aromatic carbocycles. The Balaban J connectivity index is 0.00000200. The summed E-state index contributed by atoms with van der Waals surface area (Å²) in [7, 11) is 3.92. The zero-order valence-corrected chi connectivity index (χ0v) is 13.9. The van der Waals surface area contributed by atoms with Gasteiger partial charge in [-0.15, -0.1) is 22.6 Å². The van der Waals surface area contributed by atoms with E-state index in [9.17, 15) is 0 Å². The molecule has 1 aromatic heterocycles. The molecule has 1 N–H and O–H groups in total. The number of halogens is 1. The molecular formula is C14H21ClN4S. The highest BCUT2D eigenvalue weighted by Crippen LogP contribution is 2.22.